The molecule has 0 bridgehead atoms. The zero-order chi connectivity index (χ0) is 24.4. The summed E-state index contributed by atoms with van der Waals surface area (Å²) in [6, 6.07) is 0. The van der Waals surface area contributed by atoms with E-state index in [0.29, 0.717) is 29.6 Å². The summed E-state index contributed by atoms with van der Waals surface area (Å²) in [6.07, 6.45) is 14.2. The third kappa shape index (κ3) is 6.19. The Labute approximate surface area is 201 Å². The summed E-state index contributed by atoms with van der Waals surface area (Å²) < 4.78 is 5.47. The molecule has 1 unspecified atom stereocenters. The highest BCUT2D eigenvalue weighted by molar-refractivity contribution is 5.66. The minimum Gasteiger partial charge on any atom is -0.462 e. The molecule has 3 aliphatic carbocycles. The number of aliphatic hydroxyl groups is 2. The molecule has 2 N–H and O–H groups in total. The monoisotopic (exact) mass is 458 g/mol. The van der Waals surface area contributed by atoms with Crippen molar-refractivity contribution in [1.82, 2.24) is 0 Å². The first-order valence-corrected chi connectivity index (χ1v) is 13.1. The Morgan fingerprint density at radius 2 is 1.97 bits per heavy atom. The molecule has 0 aromatic carbocycles. The molecule has 0 aliphatic heterocycles. The maximum absolute atomic E-state index is 11.4. The summed E-state index contributed by atoms with van der Waals surface area (Å²) in [4.78, 5) is 11.4. The minimum atomic E-state index is -1.03. The van der Waals surface area contributed by atoms with Crippen LogP contribution in [0.4, 0.5) is 0 Å². The van der Waals surface area contributed by atoms with Crippen molar-refractivity contribution >= 4 is 5.97 Å². The van der Waals surface area contributed by atoms with Crippen molar-refractivity contribution in [2.45, 2.75) is 117 Å². The van der Waals surface area contributed by atoms with Crippen molar-refractivity contribution in [1.29, 1.82) is 0 Å². The van der Waals surface area contributed by atoms with E-state index in [2.05, 4.69) is 32.6 Å². The van der Waals surface area contributed by atoms with Gasteiger partial charge in [-0.3, -0.25) is 4.79 Å². The maximum Gasteiger partial charge on any atom is 0.302 e. The fourth-order valence-electron chi connectivity index (χ4n) is 6.91. The zero-order valence-corrected chi connectivity index (χ0v) is 21.5. The number of fused-ring (bicyclic) bond motifs is 1. The Hall–Kier alpha value is -1.39. The number of rotatable bonds is 7. The van der Waals surface area contributed by atoms with Gasteiger partial charge in [0.1, 0.15) is 6.10 Å². The van der Waals surface area contributed by atoms with Gasteiger partial charge in [-0.15, -0.1) is 0 Å². The Bertz CT molecular complexity index is 786. The highest BCUT2D eigenvalue weighted by atomic mass is 16.5. The molecular formula is C29H46O4. The molecule has 0 spiro atoms. The Balaban J connectivity index is 1.69. The molecule has 3 saturated carbocycles. The second-order valence-corrected chi connectivity index (χ2v) is 11.8. The van der Waals surface area contributed by atoms with Crippen LogP contribution in [-0.4, -0.2) is 34.0 Å². The van der Waals surface area contributed by atoms with E-state index in [1.54, 1.807) is 19.4 Å². The van der Waals surface area contributed by atoms with Crippen molar-refractivity contribution in [2.75, 3.05) is 0 Å². The van der Waals surface area contributed by atoms with Crippen LogP contribution in [-0.2, 0) is 9.53 Å². The van der Waals surface area contributed by atoms with E-state index in [4.69, 9.17) is 4.74 Å². The number of hydrogen-bond acceptors (Lipinski definition) is 4. The zero-order valence-electron chi connectivity index (χ0n) is 21.5. The van der Waals surface area contributed by atoms with Crippen LogP contribution >= 0.6 is 0 Å². The van der Waals surface area contributed by atoms with E-state index < -0.39 is 11.7 Å². The van der Waals surface area contributed by atoms with Gasteiger partial charge in [0.15, 0.2) is 0 Å². The highest BCUT2D eigenvalue weighted by Crippen LogP contribution is 2.60. The van der Waals surface area contributed by atoms with Gasteiger partial charge in [-0.2, -0.15) is 0 Å². The van der Waals surface area contributed by atoms with Gasteiger partial charge >= 0.3 is 5.97 Å². The van der Waals surface area contributed by atoms with Crippen molar-refractivity contribution in [3.63, 3.8) is 0 Å². The molecule has 6 atom stereocenters. The molecule has 0 heterocycles. The fourth-order valence-corrected chi connectivity index (χ4v) is 6.91. The lowest BCUT2D eigenvalue weighted by Crippen LogP contribution is -2.38. The third-order valence-corrected chi connectivity index (χ3v) is 8.94. The number of allylic oxidation sites excluding steroid dienone is 4. The summed E-state index contributed by atoms with van der Waals surface area (Å²) >= 11 is 0. The van der Waals surface area contributed by atoms with Crippen molar-refractivity contribution in [2.24, 2.45) is 23.2 Å². The van der Waals surface area contributed by atoms with Crippen LogP contribution in [0, 0.1) is 23.2 Å². The summed E-state index contributed by atoms with van der Waals surface area (Å²) in [5.74, 6) is 1.62. The summed E-state index contributed by atoms with van der Waals surface area (Å²) in [6.45, 7) is 14.0. The molecule has 3 rings (SSSR count). The first-order chi connectivity index (χ1) is 15.4. The molecule has 3 aliphatic rings. The van der Waals surface area contributed by atoms with Crippen LogP contribution < -0.4 is 0 Å². The average Bonchev–Trinajstić information content (AvgIpc) is 3.08. The normalized spacial score (nSPS) is 34.9. The Morgan fingerprint density at radius 1 is 1.24 bits per heavy atom. The standard InChI is InChI=1S/C29H46O4/c1-19-9-13-24(33-21(3)30)18-23(19)12-11-22-8-7-17-29(6)25(14-15-26(22)29)20(2)10-16-27(31)28(4,5)32/h11-12,20,24-27,31-32H,1,7-10,13-18H2,2-6H3/b22-11?,23-12-/t20-,24+,25-,26?,27-,29-/m1/s1. The van der Waals surface area contributed by atoms with Crippen LogP contribution in [0.5, 0.6) is 0 Å². The van der Waals surface area contributed by atoms with Crippen molar-refractivity contribution in [3.05, 3.63) is 35.5 Å². The van der Waals surface area contributed by atoms with E-state index in [1.807, 2.05) is 0 Å². The summed E-state index contributed by atoms with van der Waals surface area (Å²) in [5, 5.41) is 20.4. The van der Waals surface area contributed by atoms with E-state index in [-0.39, 0.29) is 12.1 Å². The third-order valence-electron chi connectivity index (χ3n) is 8.94. The van der Waals surface area contributed by atoms with Crippen LogP contribution in [0.25, 0.3) is 0 Å². The maximum atomic E-state index is 11.4. The molecule has 4 nitrogen and oxygen atoms in total. The van der Waals surface area contributed by atoms with Gasteiger partial charge in [0.2, 0.25) is 0 Å². The molecule has 0 radical (unpaired) electrons. The predicted molar refractivity (Wildman–Crippen MR) is 134 cm³/mol. The van der Waals surface area contributed by atoms with Gasteiger partial charge in [0.25, 0.3) is 0 Å². The number of carbonyl (C=O) groups excluding carboxylic acids is 1. The van der Waals surface area contributed by atoms with Gasteiger partial charge in [-0.1, -0.05) is 43.7 Å². The summed E-state index contributed by atoms with van der Waals surface area (Å²) in [5.41, 5.74) is 3.26. The molecule has 0 saturated heterocycles. The molecule has 0 aromatic heterocycles. The van der Waals surface area contributed by atoms with E-state index in [9.17, 15) is 15.0 Å². The van der Waals surface area contributed by atoms with Gasteiger partial charge in [-0.05, 0) is 100 Å². The number of aliphatic hydroxyl groups excluding tert-OH is 1. The van der Waals surface area contributed by atoms with Crippen LogP contribution in [0.15, 0.2) is 35.5 Å². The number of esters is 1. The van der Waals surface area contributed by atoms with Gasteiger partial charge in [0.05, 0.1) is 11.7 Å². The van der Waals surface area contributed by atoms with Gasteiger partial charge in [-0.25, -0.2) is 0 Å². The number of ether oxygens (including phenoxy) is 1. The lowest BCUT2D eigenvalue weighted by Gasteiger charge is -2.44. The van der Waals surface area contributed by atoms with E-state index in [1.165, 1.54) is 50.2 Å². The second-order valence-electron chi connectivity index (χ2n) is 11.8. The highest BCUT2D eigenvalue weighted by Gasteiger charge is 2.50. The first kappa shape index (κ1) is 26.2. The number of carbonyl (C=O) groups is 1. The van der Waals surface area contributed by atoms with E-state index >= 15 is 0 Å². The molecule has 0 amide bonds. The van der Waals surface area contributed by atoms with Gasteiger partial charge in [0, 0.05) is 13.3 Å². The van der Waals surface area contributed by atoms with E-state index in [0.717, 1.165) is 25.7 Å². The Kier molecular flexibility index (Phi) is 8.32. The average molecular weight is 459 g/mol. The van der Waals surface area contributed by atoms with Crippen LogP contribution in [0.1, 0.15) is 98.8 Å². The summed E-state index contributed by atoms with van der Waals surface area (Å²) in [7, 11) is 0. The predicted octanol–water partition coefficient (Wildman–Crippen LogP) is 6.28. The quantitative estimate of drug-likeness (QED) is 0.441. The van der Waals surface area contributed by atoms with Crippen molar-refractivity contribution in [3.8, 4) is 0 Å². The first-order valence-electron chi connectivity index (χ1n) is 13.1. The fraction of sp³-hybridized carbons (Fsp3) is 0.759. The van der Waals surface area contributed by atoms with Crippen LogP contribution in [0.2, 0.25) is 0 Å². The Morgan fingerprint density at radius 3 is 2.64 bits per heavy atom. The van der Waals surface area contributed by atoms with Gasteiger partial charge < -0.3 is 14.9 Å². The SMILES string of the molecule is C=C1CC[C@H](OC(C)=O)C/C1=C/C=C1CCC[C@@]2(C)C1CC[C@@H]2[C@H](C)CC[C@@H](O)C(C)(C)O. The number of hydrogen-bond donors (Lipinski definition) is 2. The largest absolute Gasteiger partial charge is 0.462 e. The molecule has 3 fully saturated rings. The lowest BCUT2D eigenvalue weighted by atomic mass is 9.60. The molecule has 186 valence electrons. The van der Waals surface area contributed by atoms with Crippen molar-refractivity contribution < 1.29 is 19.7 Å². The molecular weight excluding hydrogens is 412 g/mol. The molecule has 0 aromatic rings. The minimum absolute atomic E-state index is 0.0229. The molecule has 4 heteroatoms. The topological polar surface area (TPSA) is 66.8 Å². The van der Waals surface area contributed by atoms with Crippen LogP contribution in [0.3, 0.4) is 0 Å². The smallest absolute Gasteiger partial charge is 0.302 e. The lowest BCUT2D eigenvalue weighted by molar-refractivity contribution is -0.146. The second kappa shape index (κ2) is 10.5. The molecule has 33 heavy (non-hydrogen) atoms.